The zero-order valence-electron chi connectivity index (χ0n) is 10.8. The Morgan fingerprint density at radius 2 is 1.80 bits per heavy atom. The molecule has 0 aliphatic carbocycles. The zero-order chi connectivity index (χ0) is 14.4. The first-order valence-corrected chi connectivity index (χ1v) is 6.09. The van der Waals surface area contributed by atoms with Gasteiger partial charge in [0.2, 0.25) is 0 Å². The number of hydrogen-bond donors (Lipinski definition) is 0. The third kappa shape index (κ3) is 2.85. The van der Waals surface area contributed by atoms with E-state index < -0.39 is 0 Å². The molecule has 0 spiro atoms. The molecule has 3 heteroatoms. The summed E-state index contributed by atoms with van der Waals surface area (Å²) in [5.74, 6) is 1.26. The van der Waals surface area contributed by atoms with Gasteiger partial charge in [-0.05, 0) is 36.2 Å². The van der Waals surface area contributed by atoms with Gasteiger partial charge in [0.05, 0.1) is 11.1 Å². The summed E-state index contributed by atoms with van der Waals surface area (Å²) in [6, 6.07) is 16.5. The first-order valence-electron chi connectivity index (χ1n) is 6.09. The second kappa shape index (κ2) is 6.22. The van der Waals surface area contributed by atoms with Gasteiger partial charge in [0, 0.05) is 0 Å². The van der Waals surface area contributed by atoms with Crippen LogP contribution in [0.4, 0.5) is 0 Å². The van der Waals surface area contributed by atoms with Crippen molar-refractivity contribution in [3.63, 3.8) is 0 Å². The summed E-state index contributed by atoms with van der Waals surface area (Å²) in [5.41, 5.74) is 1.68. The molecule has 0 aliphatic heterocycles. The zero-order valence-corrected chi connectivity index (χ0v) is 10.8. The minimum Gasteiger partial charge on any atom is -0.457 e. The lowest BCUT2D eigenvalue weighted by Gasteiger charge is -2.10. The Morgan fingerprint density at radius 1 is 1.05 bits per heavy atom. The van der Waals surface area contributed by atoms with E-state index in [0.717, 1.165) is 11.3 Å². The van der Waals surface area contributed by atoms with E-state index in [9.17, 15) is 0 Å². The topological polar surface area (TPSA) is 56.8 Å². The first kappa shape index (κ1) is 13.4. The van der Waals surface area contributed by atoms with Crippen LogP contribution in [-0.4, -0.2) is 0 Å². The molecule has 2 aromatic carbocycles. The van der Waals surface area contributed by atoms with E-state index in [1.54, 1.807) is 18.2 Å². The van der Waals surface area contributed by atoms with Crippen molar-refractivity contribution < 1.29 is 4.74 Å². The van der Waals surface area contributed by atoms with Crippen LogP contribution in [0.3, 0.4) is 0 Å². The minimum absolute atomic E-state index is 0.311. The van der Waals surface area contributed by atoms with E-state index >= 15 is 0 Å². The quantitative estimate of drug-likeness (QED) is 0.782. The van der Waals surface area contributed by atoms with Crippen molar-refractivity contribution in [2.24, 2.45) is 0 Å². The summed E-state index contributed by atoms with van der Waals surface area (Å²) >= 11 is 0. The number of nitriles is 2. The second-order valence-corrected chi connectivity index (χ2v) is 4.13. The molecule has 0 bridgehead atoms. The molecule has 0 radical (unpaired) electrons. The maximum atomic E-state index is 9.01. The molecule has 3 nitrogen and oxygen atoms in total. The molecule has 0 atom stereocenters. The number of benzene rings is 2. The molecule has 0 amide bonds. The molecule has 20 heavy (non-hydrogen) atoms. The maximum Gasteiger partial charge on any atom is 0.130 e. The molecule has 0 aliphatic rings. The highest BCUT2D eigenvalue weighted by atomic mass is 16.5. The average molecular weight is 260 g/mol. The van der Waals surface area contributed by atoms with Gasteiger partial charge in [0.25, 0.3) is 0 Å². The molecule has 2 aromatic rings. The van der Waals surface area contributed by atoms with E-state index in [1.165, 1.54) is 0 Å². The van der Waals surface area contributed by atoms with Crippen LogP contribution in [0.15, 0.2) is 55.1 Å². The van der Waals surface area contributed by atoms with Crippen LogP contribution in [0.5, 0.6) is 11.5 Å². The lowest BCUT2D eigenvalue weighted by molar-refractivity contribution is 0.477. The van der Waals surface area contributed by atoms with Gasteiger partial charge in [-0.2, -0.15) is 10.5 Å². The van der Waals surface area contributed by atoms with Crippen molar-refractivity contribution in [2.75, 3.05) is 0 Å². The Hall–Kier alpha value is -3.04. The predicted molar refractivity (Wildman–Crippen MR) is 76.3 cm³/mol. The monoisotopic (exact) mass is 260 g/mol. The Bertz CT molecular complexity index is 721. The van der Waals surface area contributed by atoms with Gasteiger partial charge in [-0.25, -0.2) is 0 Å². The van der Waals surface area contributed by atoms with E-state index in [4.69, 9.17) is 15.3 Å². The van der Waals surface area contributed by atoms with Crippen molar-refractivity contribution in [3.05, 3.63) is 71.8 Å². The van der Waals surface area contributed by atoms with Gasteiger partial charge in [-0.1, -0.05) is 24.3 Å². The second-order valence-electron chi connectivity index (χ2n) is 4.13. The van der Waals surface area contributed by atoms with Crippen LogP contribution in [0.25, 0.3) is 0 Å². The predicted octanol–water partition coefficient (Wildman–Crippen LogP) is 3.95. The Balaban J connectivity index is 2.34. The third-order valence-corrected chi connectivity index (χ3v) is 2.80. The first-order chi connectivity index (χ1) is 9.78. The molecule has 0 saturated carbocycles. The number of hydrogen-bond acceptors (Lipinski definition) is 3. The Labute approximate surface area is 118 Å². The summed E-state index contributed by atoms with van der Waals surface area (Å²) in [7, 11) is 0. The van der Waals surface area contributed by atoms with Gasteiger partial charge in [0.15, 0.2) is 0 Å². The summed E-state index contributed by atoms with van der Waals surface area (Å²) in [6.07, 6.45) is 2.51. The lowest BCUT2D eigenvalue weighted by atomic mass is 10.1. The minimum atomic E-state index is 0.311. The van der Waals surface area contributed by atoms with Gasteiger partial charge in [-0.15, -0.1) is 6.58 Å². The van der Waals surface area contributed by atoms with Gasteiger partial charge in [0.1, 0.15) is 23.6 Å². The van der Waals surface area contributed by atoms with Crippen LogP contribution in [0.2, 0.25) is 0 Å². The number of nitrogens with zero attached hydrogens (tertiary/aromatic N) is 2. The molecule has 0 N–H and O–H groups in total. The molecular weight excluding hydrogens is 248 g/mol. The van der Waals surface area contributed by atoms with E-state index in [0.29, 0.717) is 23.3 Å². The van der Waals surface area contributed by atoms with Crippen LogP contribution in [-0.2, 0) is 6.42 Å². The van der Waals surface area contributed by atoms with Gasteiger partial charge in [-0.3, -0.25) is 0 Å². The van der Waals surface area contributed by atoms with Crippen molar-refractivity contribution in [3.8, 4) is 23.6 Å². The Kier molecular flexibility index (Phi) is 4.17. The van der Waals surface area contributed by atoms with Crippen molar-refractivity contribution in [2.45, 2.75) is 6.42 Å². The fourth-order valence-electron chi connectivity index (χ4n) is 1.83. The van der Waals surface area contributed by atoms with Gasteiger partial charge >= 0.3 is 0 Å². The van der Waals surface area contributed by atoms with Crippen LogP contribution in [0.1, 0.15) is 16.7 Å². The molecule has 2 rings (SSSR count). The molecule has 0 fully saturated rings. The van der Waals surface area contributed by atoms with Gasteiger partial charge < -0.3 is 4.74 Å². The number of allylic oxidation sites excluding steroid dienone is 1. The fourth-order valence-corrected chi connectivity index (χ4v) is 1.83. The lowest BCUT2D eigenvalue weighted by Crippen LogP contribution is -1.92. The number of para-hydroxylation sites is 1. The highest BCUT2D eigenvalue weighted by Crippen LogP contribution is 2.27. The molecule has 0 heterocycles. The number of ether oxygens (including phenoxy) is 1. The van der Waals surface area contributed by atoms with E-state index in [-0.39, 0.29) is 0 Å². The summed E-state index contributed by atoms with van der Waals surface area (Å²) in [5, 5.41) is 17.9. The average Bonchev–Trinajstić information content (AvgIpc) is 2.49. The van der Waals surface area contributed by atoms with Crippen molar-refractivity contribution >= 4 is 0 Å². The molecule has 0 unspecified atom stereocenters. The normalized spacial score (nSPS) is 9.30. The molecular formula is C17H12N2O. The number of rotatable bonds is 4. The Morgan fingerprint density at radius 3 is 2.50 bits per heavy atom. The SMILES string of the molecule is C=CCc1ccccc1Oc1ccc(C#N)c(C#N)c1. The van der Waals surface area contributed by atoms with E-state index in [2.05, 4.69) is 6.58 Å². The molecule has 0 aromatic heterocycles. The third-order valence-electron chi connectivity index (χ3n) is 2.80. The fraction of sp³-hybridized carbons (Fsp3) is 0.0588. The van der Waals surface area contributed by atoms with E-state index in [1.807, 2.05) is 42.5 Å². The van der Waals surface area contributed by atoms with Crippen LogP contribution < -0.4 is 4.74 Å². The highest BCUT2D eigenvalue weighted by molar-refractivity contribution is 5.50. The highest BCUT2D eigenvalue weighted by Gasteiger charge is 2.06. The van der Waals surface area contributed by atoms with Crippen molar-refractivity contribution in [1.82, 2.24) is 0 Å². The summed E-state index contributed by atoms with van der Waals surface area (Å²) in [4.78, 5) is 0. The van der Waals surface area contributed by atoms with Crippen LogP contribution >= 0.6 is 0 Å². The smallest absolute Gasteiger partial charge is 0.130 e. The largest absolute Gasteiger partial charge is 0.457 e. The van der Waals surface area contributed by atoms with Crippen molar-refractivity contribution in [1.29, 1.82) is 10.5 Å². The summed E-state index contributed by atoms with van der Waals surface area (Å²) < 4.78 is 5.80. The molecule has 96 valence electrons. The summed E-state index contributed by atoms with van der Waals surface area (Å²) in [6.45, 7) is 3.72. The standard InChI is InChI=1S/C17H12N2O/c1-2-5-13-6-3-4-7-17(13)20-16-9-8-14(11-18)15(10-16)12-19/h2-4,6-10H,1,5H2. The molecule has 0 saturated heterocycles. The van der Waals surface area contributed by atoms with Crippen LogP contribution in [0, 0.1) is 22.7 Å². The maximum absolute atomic E-state index is 9.01.